The Balaban J connectivity index is 2.09. The van der Waals surface area contributed by atoms with Crippen LogP contribution in [0.15, 0.2) is 42.9 Å². The maximum atomic E-state index is 5.91. The molecule has 5 nitrogen and oxygen atoms in total. The predicted octanol–water partition coefficient (Wildman–Crippen LogP) is 2.41. The average Bonchev–Trinajstić information content (AvgIpc) is 2.83. The molecule has 0 aliphatic carbocycles. The van der Waals surface area contributed by atoms with Gasteiger partial charge >= 0.3 is 0 Å². The highest BCUT2D eigenvalue weighted by Crippen LogP contribution is 2.31. The molecule has 3 rings (SSSR count). The first-order chi connectivity index (χ1) is 8.75. The first kappa shape index (κ1) is 10.6. The van der Waals surface area contributed by atoms with E-state index in [1.165, 1.54) is 0 Å². The van der Waals surface area contributed by atoms with Gasteiger partial charge in [0.05, 0.1) is 11.9 Å². The zero-order valence-corrected chi connectivity index (χ0v) is 9.87. The maximum Gasteiger partial charge on any atom is 0.245 e. The molecule has 0 saturated carbocycles. The van der Waals surface area contributed by atoms with E-state index in [-0.39, 0.29) is 0 Å². The average molecular weight is 240 g/mol. The number of hydrogen-bond donors (Lipinski definition) is 1. The summed E-state index contributed by atoms with van der Waals surface area (Å²) in [6.07, 6.45) is 5.11. The highest BCUT2D eigenvalue weighted by Gasteiger charge is 2.09. The van der Waals surface area contributed by atoms with Gasteiger partial charge < -0.3 is 10.5 Å². The monoisotopic (exact) mass is 240 g/mol. The molecule has 2 heterocycles. The van der Waals surface area contributed by atoms with Crippen LogP contribution in [0.5, 0.6) is 11.6 Å². The molecule has 2 aromatic heterocycles. The molecule has 0 radical (unpaired) electrons. The van der Waals surface area contributed by atoms with E-state index in [9.17, 15) is 0 Å². The Labute approximate surface area is 104 Å². The fourth-order valence-electron chi connectivity index (χ4n) is 1.82. The van der Waals surface area contributed by atoms with Gasteiger partial charge in [-0.2, -0.15) is 5.10 Å². The predicted molar refractivity (Wildman–Crippen MR) is 68.7 cm³/mol. The minimum atomic E-state index is 0.496. The summed E-state index contributed by atoms with van der Waals surface area (Å²) in [7, 11) is 0. The van der Waals surface area contributed by atoms with Gasteiger partial charge in [0.25, 0.3) is 0 Å². The van der Waals surface area contributed by atoms with Crippen molar-refractivity contribution in [2.24, 2.45) is 0 Å². The van der Waals surface area contributed by atoms with Crippen LogP contribution in [0.3, 0.4) is 0 Å². The minimum Gasteiger partial charge on any atom is -0.435 e. The molecule has 0 spiro atoms. The van der Waals surface area contributed by atoms with Crippen molar-refractivity contribution >= 4 is 11.2 Å². The van der Waals surface area contributed by atoms with Crippen LogP contribution in [0.4, 0.5) is 5.69 Å². The van der Waals surface area contributed by atoms with Crippen LogP contribution in [0.25, 0.3) is 5.52 Å². The van der Waals surface area contributed by atoms with Crippen LogP contribution >= 0.6 is 0 Å². The number of aryl methyl sites for hydroxylation is 1. The first-order valence-corrected chi connectivity index (χ1v) is 5.57. The maximum absolute atomic E-state index is 5.91. The molecule has 0 atom stereocenters. The molecule has 5 heteroatoms. The molecule has 0 fully saturated rings. The van der Waals surface area contributed by atoms with Crippen molar-refractivity contribution in [1.82, 2.24) is 14.6 Å². The zero-order valence-electron chi connectivity index (χ0n) is 9.87. The Morgan fingerprint density at radius 2 is 2.11 bits per heavy atom. The minimum absolute atomic E-state index is 0.496. The van der Waals surface area contributed by atoms with Crippen molar-refractivity contribution in [3.05, 3.63) is 48.4 Å². The summed E-state index contributed by atoms with van der Waals surface area (Å²) in [5, 5.41) is 4.13. The highest BCUT2D eigenvalue weighted by atomic mass is 16.5. The van der Waals surface area contributed by atoms with Gasteiger partial charge in [-0.15, -0.1) is 0 Å². The van der Waals surface area contributed by atoms with E-state index in [1.54, 1.807) is 29.2 Å². The number of anilines is 1. The Morgan fingerprint density at radius 3 is 2.94 bits per heavy atom. The second-order valence-corrected chi connectivity index (χ2v) is 3.99. The topological polar surface area (TPSA) is 65.4 Å². The molecule has 0 aliphatic rings. The SMILES string of the molecule is Cc1cccc(N)c1Oc1nccn2nccc12. The van der Waals surface area contributed by atoms with Gasteiger partial charge in [-0.25, -0.2) is 9.50 Å². The number of hydrogen-bond acceptors (Lipinski definition) is 4. The Hall–Kier alpha value is -2.56. The number of para-hydroxylation sites is 1. The standard InChI is InChI=1S/C13H12N4O/c1-9-3-2-4-10(14)12(9)18-13-11-5-6-16-17(11)8-7-15-13/h2-8H,14H2,1H3. The number of nitrogens with zero attached hydrogens (tertiary/aromatic N) is 3. The number of nitrogen functional groups attached to an aromatic ring is 1. The van der Waals surface area contributed by atoms with E-state index in [2.05, 4.69) is 10.1 Å². The largest absolute Gasteiger partial charge is 0.435 e. The summed E-state index contributed by atoms with van der Waals surface area (Å²) in [5.41, 5.74) is 8.29. The molecule has 90 valence electrons. The smallest absolute Gasteiger partial charge is 0.245 e. The second-order valence-electron chi connectivity index (χ2n) is 3.99. The number of ether oxygens (including phenoxy) is 1. The lowest BCUT2D eigenvalue weighted by Gasteiger charge is -2.10. The van der Waals surface area contributed by atoms with Crippen LogP contribution < -0.4 is 10.5 Å². The summed E-state index contributed by atoms with van der Waals surface area (Å²) in [4.78, 5) is 4.22. The van der Waals surface area contributed by atoms with E-state index in [0.717, 1.165) is 11.1 Å². The third kappa shape index (κ3) is 1.66. The molecular weight excluding hydrogens is 228 g/mol. The van der Waals surface area contributed by atoms with Crippen LogP contribution in [-0.2, 0) is 0 Å². The van der Waals surface area contributed by atoms with Gasteiger partial charge in [0.2, 0.25) is 5.88 Å². The third-order valence-electron chi connectivity index (χ3n) is 2.73. The molecule has 1 aromatic carbocycles. The quantitative estimate of drug-likeness (QED) is 0.698. The summed E-state index contributed by atoms with van der Waals surface area (Å²) in [6.45, 7) is 1.95. The summed E-state index contributed by atoms with van der Waals surface area (Å²) < 4.78 is 7.52. The van der Waals surface area contributed by atoms with Gasteiger partial charge in [-0.3, -0.25) is 0 Å². The van der Waals surface area contributed by atoms with Gasteiger partial charge in [0.1, 0.15) is 5.52 Å². The molecule has 0 saturated heterocycles. The van der Waals surface area contributed by atoms with E-state index < -0.39 is 0 Å². The molecule has 0 amide bonds. The van der Waals surface area contributed by atoms with Gasteiger partial charge in [0.15, 0.2) is 5.75 Å². The molecule has 18 heavy (non-hydrogen) atoms. The van der Waals surface area contributed by atoms with E-state index in [1.807, 2.05) is 25.1 Å². The molecule has 3 aromatic rings. The lowest BCUT2D eigenvalue weighted by molar-refractivity contribution is 0.464. The zero-order chi connectivity index (χ0) is 12.5. The number of nitrogens with two attached hydrogens (primary N) is 1. The van der Waals surface area contributed by atoms with Gasteiger partial charge in [0, 0.05) is 12.4 Å². The van der Waals surface area contributed by atoms with Gasteiger partial charge in [-0.1, -0.05) is 12.1 Å². The van der Waals surface area contributed by atoms with Crippen molar-refractivity contribution in [1.29, 1.82) is 0 Å². The van der Waals surface area contributed by atoms with Crippen LogP contribution in [-0.4, -0.2) is 14.6 Å². The summed E-state index contributed by atoms with van der Waals surface area (Å²) in [5.74, 6) is 1.13. The number of fused-ring (bicyclic) bond motifs is 1. The van der Waals surface area contributed by atoms with E-state index in [0.29, 0.717) is 17.3 Å². The Kier molecular flexibility index (Phi) is 2.37. The van der Waals surface area contributed by atoms with E-state index in [4.69, 9.17) is 10.5 Å². The number of rotatable bonds is 2. The molecule has 2 N–H and O–H groups in total. The normalized spacial score (nSPS) is 10.7. The van der Waals surface area contributed by atoms with Crippen molar-refractivity contribution < 1.29 is 4.74 Å². The number of aromatic nitrogens is 3. The fraction of sp³-hybridized carbons (Fsp3) is 0.0769. The lowest BCUT2D eigenvalue weighted by Crippen LogP contribution is -1.98. The molecular formula is C13H12N4O. The highest BCUT2D eigenvalue weighted by molar-refractivity contribution is 5.61. The van der Waals surface area contributed by atoms with E-state index >= 15 is 0 Å². The first-order valence-electron chi connectivity index (χ1n) is 5.57. The molecule has 0 aliphatic heterocycles. The van der Waals surface area contributed by atoms with Crippen LogP contribution in [0.1, 0.15) is 5.56 Å². The van der Waals surface area contributed by atoms with Crippen molar-refractivity contribution in [2.75, 3.05) is 5.73 Å². The fourth-order valence-corrected chi connectivity index (χ4v) is 1.82. The van der Waals surface area contributed by atoms with Crippen LogP contribution in [0, 0.1) is 6.92 Å². The summed E-state index contributed by atoms with van der Waals surface area (Å²) >= 11 is 0. The number of benzene rings is 1. The second kappa shape index (κ2) is 4.03. The van der Waals surface area contributed by atoms with Crippen molar-refractivity contribution in [2.45, 2.75) is 6.92 Å². The summed E-state index contributed by atoms with van der Waals surface area (Å²) in [6, 6.07) is 7.49. The van der Waals surface area contributed by atoms with Crippen LogP contribution in [0.2, 0.25) is 0 Å². The van der Waals surface area contributed by atoms with Gasteiger partial charge in [-0.05, 0) is 24.6 Å². The Bertz CT molecular complexity index is 685. The molecule has 0 unspecified atom stereocenters. The lowest BCUT2D eigenvalue weighted by atomic mass is 10.2. The third-order valence-corrected chi connectivity index (χ3v) is 2.73. The Morgan fingerprint density at radius 1 is 1.22 bits per heavy atom. The van der Waals surface area contributed by atoms with Crippen molar-refractivity contribution in [3.63, 3.8) is 0 Å². The molecule has 0 bridgehead atoms. The van der Waals surface area contributed by atoms with Crippen molar-refractivity contribution in [3.8, 4) is 11.6 Å².